The minimum Gasteiger partial charge on any atom is -0.508 e. The van der Waals surface area contributed by atoms with Crippen LogP contribution in [-0.4, -0.2) is 29.7 Å². The Hall–Kier alpha value is -2.56. The Kier molecular flexibility index (Phi) is 4.55. The Morgan fingerprint density at radius 2 is 2.05 bits per heavy atom. The summed E-state index contributed by atoms with van der Waals surface area (Å²) in [5, 5.41) is 12.4. The average Bonchev–Trinajstić information content (AvgIpc) is 2.49. The lowest BCUT2D eigenvalue weighted by Crippen LogP contribution is -2.08. The van der Waals surface area contributed by atoms with Crippen LogP contribution in [0.25, 0.3) is 0 Å². The number of aromatic nitrogens is 1. The van der Waals surface area contributed by atoms with Crippen molar-refractivity contribution in [2.24, 2.45) is 0 Å². The van der Waals surface area contributed by atoms with E-state index in [0.717, 1.165) is 24.2 Å². The van der Waals surface area contributed by atoms with Crippen molar-refractivity contribution < 1.29 is 14.6 Å². The van der Waals surface area contributed by atoms with Gasteiger partial charge in [0.05, 0.1) is 7.11 Å². The number of anilines is 1. The first-order valence-corrected chi connectivity index (χ1v) is 6.25. The molecule has 2 N–H and O–H groups in total. The van der Waals surface area contributed by atoms with E-state index in [2.05, 4.69) is 15.0 Å². The molecule has 0 bridgehead atoms. The van der Waals surface area contributed by atoms with Crippen molar-refractivity contribution in [2.75, 3.05) is 19.0 Å². The zero-order chi connectivity index (χ0) is 14.4. The second kappa shape index (κ2) is 6.56. The lowest BCUT2D eigenvalue weighted by atomic mass is 10.1. The molecule has 20 heavy (non-hydrogen) atoms. The summed E-state index contributed by atoms with van der Waals surface area (Å²) in [7, 11) is 1.33. The first-order valence-electron chi connectivity index (χ1n) is 6.25. The van der Waals surface area contributed by atoms with Crippen molar-refractivity contribution in [3.8, 4) is 5.75 Å². The predicted octanol–water partition coefficient (Wildman–Crippen LogP) is 2.23. The van der Waals surface area contributed by atoms with Gasteiger partial charge in [0, 0.05) is 18.4 Å². The fraction of sp³-hybridized carbons (Fsp3) is 0.200. The number of nitrogens with one attached hydrogen (secondary N) is 1. The predicted molar refractivity (Wildman–Crippen MR) is 75.9 cm³/mol. The molecule has 1 aromatic heterocycles. The van der Waals surface area contributed by atoms with Crippen LogP contribution >= 0.6 is 0 Å². The number of esters is 1. The van der Waals surface area contributed by atoms with Gasteiger partial charge in [-0.2, -0.15) is 0 Å². The van der Waals surface area contributed by atoms with Crippen molar-refractivity contribution in [3.63, 3.8) is 0 Å². The van der Waals surface area contributed by atoms with Gasteiger partial charge in [-0.25, -0.2) is 9.78 Å². The maximum absolute atomic E-state index is 11.4. The van der Waals surface area contributed by atoms with Gasteiger partial charge in [-0.1, -0.05) is 12.1 Å². The molecule has 1 aromatic carbocycles. The molecule has 5 heteroatoms. The van der Waals surface area contributed by atoms with Gasteiger partial charge in [0.2, 0.25) is 0 Å². The van der Waals surface area contributed by atoms with E-state index in [1.165, 1.54) is 7.11 Å². The smallest absolute Gasteiger partial charge is 0.356 e. The van der Waals surface area contributed by atoms with Crippen molar-refractivity contribution in [1.29, 1.82) is 0 Å². The second-order valence-electron chi connectivity index (χ2n) is 4.26. The first kappa shape index (κ1) is 13.9. The van der Waals surface area contributed by atoms with Crippen LogP contribution in [0.1, 0.15) is 16.1 Å². The molecule has 0 saturated heterocycles. The lowest BCUT2D eigenvalue weighted by Gasteiger charge is -2.07. The van der Waals surface area contributed by atoms with Gasteiger partial charge < -0.3 is 15.2 Å². The number of ether oxygens (including phenoxy) is 1. The molecule has 5 nitrogen and oxygen atoms in total. The van der Waals surface area contributed by atoms with Gasteiger partial charge in [-0.05, 0) is 36.2 Å². The molecule has 104 valence electrons. The van der Waals surface area contributed by atoms with Crippen molar-refractivity contribution in [3.05, 3.63) is 53.9 Å². The highest BCUT2D eigenvalue weighted by Gasteiger charge is 2.06. The molecular formula is C15H16N2O3. The molecule has 0 unspecified atom stereocenters. The summed E-state index contributed by atoms with van der Waals surface area (Å²) in [6.45, 7) is 0.718. The zero-order valence-corrected chi connectivity index (χ0v) is 11.2. The van der Waals surface area contributed by atoms with Gasteiger partial charge in [-0.15, -0.1) is 0 Å². The van der Waals surface area contributed by atoms with E-state index in [1.54, 1.807) is 30.5 Å². The monoisotopic (exact) mass is 272 g/mol. The Balaban J connectivity index is 1.91. The maximum Gasteiger partial charge on any atom is 0.356 e. The number of carbonyl (C=O) groups is 1. The topological polar surface area (TPSA) is 71.5 Å². The molecule has 1 heterocycles. The Labute approximate surface area is 117 Å². The van der Waals surface area contributed by atoms with Crippen LogP contribution in [0.4, 0.5) is 5.69 Å². The van der Waals surface area contributed by atoms with Crippen LogP contribution in [0.15, 0.2) is 42.6 Å². The number of phenolic OH excluding ortho intramolecular Hbond substituents is 1. The highest BCUT2D eigenvalue weighted by molar-refractivity contribution is 5.88. The highest BCUT2D eigenvalue weighted by Crippen LogP contribution is 2.12. The van der Waals surface area contributed by atoms with E-state index in [9.17, 15) is 9.90 Å². The summed E-state index contributed by atoms with van der Waals surface area (Å²) < 4.78 is 4.62. The molecule has 0 aliphatic heterocycles. The van der Waals surface area contributed by atoms with Crippen LogP contribution in [0.3, 0.4) is 0 Å². The Morgan fingerprint density at radius 1 is 1.30 bits per heavy atom. The number of methoxy groups -OCH3 is 1. The first-order chi connectivity index (χ1) is 9.69. The van der Waals surface area contributed by atoms with Crippen LogP contribution in [0.2, 0.25) is 0 Å². The summed E-state index contributed by atoms with van der Waals surface area (Å²) in [6, 6.07) is 10.5. The van der Waals surface area contributed by atoms with Gasteiger partial charge in [0.15, 0.2) is 0 Å². The van der Waals surface area contributed by atoms with Gasteiger partial charge in [0.1, 0.15) is 11.4 Å². The zero-order valence-electron chi connectivity index (χ0n) is 11.2. The number of aromatic hydroxyl groups is 1. The molecule has 0 radical (unpaired) electrons. The third-order valence-electron chi connectivity index (χ3n) is 2.83. The third-order valence-corrected chi connectivity index (χ3v) is 2.83. The van der Waals surface area contributed by atoms with Crippen LogP contribution in [0, 0.1) is 0 Å². The van der Waals surface area contributed by atoms with E-state index in [1.807, 2.05) is 12.1 Å². The van der Waals surface area contributed by atoms with Gasteiger partial charge in [0.25, 0.3) is 0 Å². The largest absolute Gasteiger partial charge is 0.508 e. The summed E-state index contributed by atoms with van der Waals surface area (Å²) in [6.07, 6.45) is 2.38. The van der Waals surface area contributed by atoms with Crippen LogP contribution < -0.4 is 5.32 Å². The summed E-state index contributed by atoms with van der Waals surface area (Å²) in [4.78, 5) is 15.3. The highest BCUT2D eigenvalue weighted by atomic mass is 16.5. The summed E-state index contributed by atoms with van der Waals surface area (Å²) in [5.41, 5.74) is 2.22. The molecule has 0 saturated carbocycles. The van der Waals surface area contributed by atoms with Crippen molar-refractivity contribution in [1.82, 2.24) is 4.98 Å². The molecular weight excluding hydrogens is 256 g/mol. The Bertz CT molecular complexity index is 582. The molecule has 0 aliphatic carbocycles. The standard InChI is InChI=1S/C15H16N2O3/c1-20-15(19)14-10-12(7-9-17-14)16-8-6-11-2-4-13(18)5-3-11/h2-5,7,9-10,18H,6,8H2,1H3,(H,16,17). The van der Waals surface area contributed by atoms with Gasteiger partial charge in [-0.3, -0.25) is 0 Å². The summed E-state index contributed by atoms with van der Waals surface area (Å²) in [5.74, 6) is -0.189. The molecule has 0 amide bonds. The SMILES string of the molecule is COC(=O)c1cc(NCCc2ccc(O)cc2)ccn1. The third kappa shape index (κ3) is 3.71. The molecule has 0 fully saturated rings. The minimum atomic E-state index is -0.452. The molecule has 0 atom stereocenters. The number of hydrogen-bond acceptors (Lipinski definition) is 5. The molecule has 2 aromatic rings. The van der Waals surface area contributed by atoms with E-state index < -0.39 is 5.97 Å². The van der Waals surface area contributed by atoms with E-state index in [0.29, 0.717) is 0 Å². The lowest BCUT2D eigenvalue weighted by molar-refractivity contribution is 0.0594. The number of phenols is 1. The fourth-order valence-corrected chi connectivity index (χ4v) is 1.77. The number of hydrogen-bond donors (Lipinski definition) is 2. The van der Waals surface area contributed by atoms with Crippen molar-refractivity contribution in [2.45, 2.75) is 6.42 Å². The quantitative estimate of drug-likeness (QED) is 0.817. The second-order valence-corrected chi connectivity index (χ2v) is 4.26. The molecule has 2 rings (SSSR count). The molecule has 0 spiro atoms. The fourth-order valence-electron chi connectivity index (χ4n) is 1.77. The van der Waals surface area contributed by atoms with Crippen LogP contribution in [0.5, 0.6) is 5.75 Å². The number of pyridine rings is 1. The van der Waals surface area contributed by atoms with E-state index in [4.69, 9.17) is 0 Å². The number of rotatable bonds is 5. The maximum atomic E-state index is 11.4. The molecule has 0 aliphatic rings. The average molecular weight is 272 g/mol. The van der Waals surface area contributed by atoms with E-state index >= 15 is 0 Å². The minimum absolute atomic E-state index is 0.263. The Morgan fingerprint density at radius 3 is 2.75 bits per heavy atom. The number of carbonyl (C=O) groups excluding carboxylic acids is 1. The normalized spacial score (nSPS) is 10.1. The number of nitrogens with zero attached hydrogens (tertiary/aromatic N) is 1. The summed E-state index contributed by atoms with van der Waals surface area (Å²) >= 11 is 0. The van der Waals surface area contributed by atoms with Gasteiger partial charge >= 0.3 is 5.97 Å². The number of benzene rings is 1. The van der Waals surface area contributed by atoms with Crippen molar-refractivity contribution >= 4 is 11.7 Å². The van der Waals surface area contributed by atoms with E-state index in [-0.39, 0.29) is 11.4 Å². The van der Waals surface area contributed by atoms with Crippen LogP contribution in [-0.2, 0) is 11.2 Å².